The summed E-state index contributed by atoms with van der Waals surface area (Å²) in [6.45, 7) is 11.9. The number of benzene rings is 1. The Balaban J connectivity index is 0.000000956. The van der Waals surface area contributed by atoms with Crippen LogP contribution in [0.1, 0.15) is 51.3 Å². The Bertz CT molecular complexity index is 450. The Morgan fingerprint density at radius 2 is 2.05 bits per heavy atom. The Kier molecular flexibility index (Phi) is 6.21. The largest absolute Gasteiger partial charge is 0.466 e. The van der Waals surface area contributed by atoms with Gasteiger partial charge in [0, 0.05) is 5.41 Å². The minimum atomic E-state index is -0.159. The lowest BCUT2D eigenvalue weighted by molar-refractivity contribution is -0.142. The molecule has 0 radical (unpaired) electrons. The van der Waals surface area contributed by atoms with E-state index < -0.39 is 0 Å². The molecule has 0 saturated carbocycles. The van der Waals surface area contributed by atoms with E-state index in [2.05, 4.69) is 19.9 Å². The molecule has 0 fully saturated rings. The van der Waals surface area contributed by atoms with Crippen LogP contribution < -0.4 is 0 Å². The topological polar surface area (TPSA) is 35.5 Å². The number of rotatable bonds is 3. The zero-order valence-electron chi connectivity index (χ0n) is 13.3. The van der Waals surface area contributed by atoms with Crippen LogP contribution in [0, 0.1) is 0 Å². The molecule has 1 aliphatic heterocycles. The van der Waals surface area contributed by atoms with Crippen molar-refractivity contribution in [3.63, 3.8) is 0 Å². The lowest BCUT2D eigenvalue weighted by Gasteiger charge is -2.34. The van der Waals surface area contributed by atoms with Gasteiger partial charge in [0.25, 0.3) is 0 Å². The fourth-order valence-corrected chi connectivity index (χ4v) is 2.65. The van der Waals surface area contributed by atoms with Gasteiger partial charge in [-0.25, -0.2) is 0 Å². The molecule has 0 aromatic heterocycles. The van der Waals surface area contributed by atoms with Crippen LogP contribution in [0.2, 0.25) is 0 Å². The van der Waals surface area contributed by atoms with Crippen molar-refractivity contribution in [3.8, 4) is 0 Å². The number of fused-ring (bicyclic) bond motifs is 1. The number of hydrogen-bond donors (Lipinski definition) is 0. The minimum absolute atomic E-state index is 0.0450. The molecule has 1 heterocycles. The van der Waals surface area contributed by atoms with Gasteiger partial charge in [0.2, 0.25) is 0 Å². The Hall–Kier alpha value is -1.35. The van der Waals surface area contributed by atoms with Crippen molar-refractivity contribution in [1.82, 2.24) is 0 Å². The van der Waals surface area contributed by atoms with Gasteiger partial charge in [-0.15, -0.1) is 0 Å². The Morgan fingerprint density at radius 3 is 2.70 bits per heavy atom. The maximum Gasteiger partial charge on any atom is 0.310 e. The summed E-state index contributed by atoms with van der Waals surface area (Å²) in [5, 5.41) is 0. The van der Waals surface area contributed by atoms with E-state index in [1.54, 1.807) is 0 Å². The highest BCUT2D eigenvalue weighted by atomic mass is 16.5. The number of ether oxygens (including phenoxy) is 2. The van der Waals surface area contributed by atoms with Crippen molar-refractivity contribution in [2.75, 3.05) is 13.2 Å². The molecular weight excluding hydrogens is 252 g/mol. The van der Waals surface area contributed by atoms with Crippen molar-refractivity contribution < 1.29 is 14.3 Å². The quantitative estimate of drug-likeness (QED) is 0.792. The molecule has 0 N–H and O–H groups in total. The molecule has 20 heavy (non-hydrogen) atoms. The number of carbonyl (C=O) groups excluding carboxylic acids is 1. The standard InChI is InChI=1S/C15H20O3.C2H6/c1-4-18-13(16)8-11-6-5-7-12-9-17-10-15(2,3)14(11)12;1-2/h5-7H,4,8-10H2,1-3H3;1-2H3. The van der Waals surface area contributed by atoms with Crippen molar-refractivity contribution in [1.29, 1.82) is 0 Å². The van der Waals surface area contributed by atoms with E-state index in [1.165, 1.54) is 11.1 Å². The van der Waals surface area contributed by atoms with E-state index in [1.807, 2.05) is 32.9 Å². The summed E-state index contributed by atoms with van der Waals surface area (Å²) in [5.41, 5.74) is 3.47. The average Bonchev–Trinajstić information content (AvgIpc) is 2.40. The predicted octanol–water partition coefficient (Wildman–Crippen LogP) is 3.63. The van der Waals surface area contributed by atoms with E-state index in [-0.39, 0.29) is 11.4 Å². The van der Waals surface area contributed by atoms with E-state index in [0.717, 1.165) is 5.56 Å². The second-order valence-electron chi connectivity index (χ2n) is 5.31. The molecule has 1 aliphatic rings. The van der Waals surface area contributed by atoms with Crippen LogP contribution in [0.4, 0.5) is 0 Å². The smallest absolute Gasteiger partial charge is 0.310 e. The lowest BCUT2D eigenvalue weighted by atomic mass is 9.77. The van der Waals surface area contributed by atoms with Crippen molar-refractivity contribution in [2.45, 2.75) is 53.1 Å². The van der Waals surface area contributed by atoms with Gasteiger partial charge in [0.15, 0.2) is 0 Å². The lowest BCUT2D eigenvalue weighted by Crippen LogP contribution is -2.32. The number of esters is 1. The van der Waals surface area contributed by atoms with E-state index >= 15 is 0 Å². The van der Waals surface area contributed by atoms with Gasteiger partial charge >= 0.3 is 5.97 Å². The van der Waals surface area contributed by atoms with Gasteiger partial charge in [-0.1, -0.05) is 45.9 Å². The molecule has 0 bridgehead atoms. The Morgan fingerprint density at radius 1 is 1.35 bits per heavy atom. The van der Waals surface area contributed by atoms with Gasteiger partial charge in [0.1, 0.15) is 0 Å². The summed E-state index contributed by atoms with van der Waals surface area (Å²) in [7, 11) is 0. The molecule has 1 aromatic carbocycles. The second kappa shape index (κ2) is 7.44. The van der Waals surface area contributed by atoms with Crippen molar-refractivity contribution in [3.05, 3.63) is 34.9 Å². The third kappa shape index (κ3) is 3.83. The van der Waals surface area contributed by atoms with Crippen LogP contribution in [0.15, 0.2) is 18.2 Å². The zero-order valence-corrected chi connectivity index (χ0v) is 13.3. The molecule has 0 spiro atoms. The third-order valence-electron chi connectivity index (χ3n) is 3.27. The molecular formula is C17H26O3. The summed E-state index contributed by atoms with van der Waals surface area (Å²) >= 11 is 0. The van der Waals surface area contributed by atoms with Crippen LogP contribution in [0.25, 0.3) is 0 Å². The highest BCUT2D eigenvalue weighted by Gasteiger charge is 2.30. The van der Waals surface area contributed by atoms with Gasteiger partial charge in [0.05, 0.1) is 26.2 Å². The summed E-state index contributed by atoms with van der Waals surface area (Å²) in [6, 6.07) is 6.08. The predicted molar refractivity (Wildman–Crippen MR) is 80.8 cm³/mol. The normalized spacial score (nSPS) is 15.7. The average molecular weight is 278 g/mol. The Labute approximate surface area is 122 Å². The van der Waals surface area contributed by atoms with E-state index in [4.69, 9.17) is 9.47 Å². The molecule has 1 aromatic rings. The molecule has 0 unspecified atom stereocenters. The molecule has 0 atom stereocenters. The highest BCUT2D eigenvalue weighted by molar-refractivity contribution is 5.73. The minimum Gasteiger partial charge on any atom is -0.466 e. The van der Waals surface area contributed by atoms with E-state index in [0.29, 0.717) is 26.2 Å². The molecule has 0 saturated heterocycles. The number of carbonyl (C=O) groups is 1. The highest BCUT2D eigenvalue weighted by Crippen LogP contribution is 2.34. The van der Waals surface area contributed by atoms with Crippen LogP contribution in [0.3, 0.4) is 0 Å². The SMILES string of the molecule is CC.CCOC(=O)Cc1cccc2c1C(C)(C)COC2. The molecule has 0 aliphatic carbocycles. The van der Waals surface area contributed by atoms with E-state index in [9.17, 15) is 4.79 Å². The van der Waals surface area contributed by atoms with Crippen LogP contribution in [-0.4, -0.2) is 19.2 Å². The summed E-state index contributed by atoms with van der Waals surface area (Å²) in [6.07, 6.45) is 0.348. The molecule has 3 nitrogen and oxygen atoms in total. The molecule has 0 amide bonds. The summed E-state index contributed by atoms with van der Waals surface area (Å²) in [5.74, 6) is -0.159. The van der Waals surface area contributed by atoms with Gasteiger partial charge in [-0.3, -0.25) is 4.79 Å². The fourth-order valence-electron chi connectivity index (χ4n) is 2.65. The van der Waals surface area contributed by atoms with Crippen molar-refractivity contribution >= 4 is 5.97 Å². The first-order valence-corrected chi connectivity index (χ1v) is 7.39. The summed E-state index contributed by atoms with van der Waals surface area (Å²) in [4.78, 5) is 11.7. The fraction of sp³-hybridized carbons (Fsp3) is 0.588. The van der Waals surface area contributed by atoms with Gasteiger partial charge in [-0.2, -0.15) is 0 Å². The monoisotopic (exact) mass is 278 g/mol. The zero-order chi connectivity index (χ0) is 15.2. The third-order valence-corrected chi connectivity index (χ3v) is 3.27. The van der Waals surface area contributed by atoms with Gasteiger partial charge in [-0.05, 0) is 23.6 Å². The van der Waals surface area contributed by atoms with Crippen LogP contribution >= 0.6 is 0 Å². The second-order valence-corrected chi connectivity index (χ2v) is 5.31. The van der Waals surface area contributed by atoms with Gasteiger partial charge < -0.3 is 9.47 Å². The molecule has 112 valence electrons. The maximum absolute atomic E-state index is 11.7. The molecule has 3 heteroatoms. The number of hydrogen-bond acceptors (Lipinski definition) is 3. The van der Waals surface area contributed by atoms with Crippen LogP contribution in [-0.2, 0) is 32.7 Å². The first-order chi connectivity index (χ1) is 9.54. The summed E-state index contributed by atoms with van der Waals surface area (Å²) < 4.78 is 10.6. The van der Waals surface area contributed by atoms with Crippen LogP contribution in [0.5, 0.6) is 0 Å². The maximum atomic E-state index is 11.7. The molecule has 2 rings (SSSR count). The first-order valence-electron chi connectivity index (χ1n) is 7.39. The first kappa shape index (κ1) is 16.7. The van der Waals surface area contributed by atoms with Crippen molar-refractivity contribution in [2.24, 2.45) is 0 Å².